The fraction of sp³-hybridized carbons (Fsp3) is 0.111. The maximum atomic E-state index is 13.0. The van der Waals surface area contributed by atoms with Crippen LogP contribution < -0.4 is 5.73 Å². The van der Waals surface area contributed by atoms with Gasteiger partial charge in [0.2, 0.25) is 0 Å². The summed E-state index contributed by atoms with van der Waals surface area (Å²) in [6.07, 6.45) is -2.57. The van der Waals surface area contributed by atoms with Crippen LogP contribution in [0.15, 0.2) is 54.6 Å². The van der Waals surface area contributed by atoms with Crippen LogP contribution in [-0.4, -0.2) is 6.43 Å². The molecule has 1 nitrogen and oxygen atoms in total. The quantitative estimate of drug-likeness (QED) is 0.501. The maximum Gasteiger partial charge on any atom is 0.257 e. The molecule has 0 saturated heterocycles. The van der Waals surface area contributed by atoms with Gasteiger partial charge in [-0.25, -0.2) is 8.78 Å². The van der Waals surface area contributed by atoms with Crippen molar-refractivity contribution in [1.82, 2.24) is 0 Å². The largest absolute Gasteiger partial charge is 0.319 e. The average Bonchev–Trinajstić information content (AvgIpc) is 2.51. The second-order valence-electron chi connectivity index (χ2n) is 5.37. The molecule has 4 rings (SSSR count). The molecule has 0 amide bonds. The van der Waals surface area contributed by atoms with Gasteiger partial charge in [0.25, 0.3) is 6.43 Å². The van der Waals surface area contributed by atoms with E-state index in [9.17, 15) is 8.78 Å². The molecule has 4 aromatic rings. The number of nitrogens with two attached hydrogens (primary N) is 1. The zero-order chi connectivity index (χ0) is 14.6. The van der Waals surface area contributed by atoms with Gasteiger partial charge in [0, 0.05) is 0 Å². The number of rotatable bonds is 2. The highest BCUT2D eigenvalue weighted by molar-refractivity contribution is 6.23. The maximum absolute atomic E-state index is 13.0. The standard InChI is InChI=1S/C18H13F2N.ClH/c19-18(20)17(21)14-9-7-12-5-4-10-2-1-3-11-6-8-13(14)16(12)15(10)11;/h1-9,17-18H,21H2;1H/t17-;/m1./s1. The highest BCUT2D eigenvalue weighted by atomic mass is 35.5. The zero-order valence-electron chi connectivity index (χ0n) is 11.6. The van der Waals surface area contributed by atoms with E-state index in [-0.39, 0.29) is 12.4 Å². The van der Waals surface area contributed by atoms with E-state index in [2.05, 4.69) is 6.07 Å². The van der Waals surface area contributed by atoms with Crippen molar-refractivity contribution in [1.29, 1.82) is 0 Å². The van der Waals surface area contributed by atoms with Crippen molar-refractivity contribution in [3.63, 3.8) is 0 Å². The molecule has 22 heavy (non-hydrogen) atoms. The Hall–Kier alpha value is -1.97. The van der Waals surface area contributed by atoms with Crippen molar-refractivity contribution >= 4 is 44.7 Å². The Kier molecular flexibility index (Phi) is 3.63. The second kappa shape index (κ2) is 5.34. The summed E-state index contributed by atoms with van der Waals surface area (Å²) in [5, 5.41) is 6.26. The SMILES string of the molecule is Cl.N[C@H](c1ccc2ccc3cccc4ccc1c2c34)C(F)F. The molecule has 0 spiro atoms. The first-order chi connectivity index (χ1) is 10.2. The summed E-state index contributed by atoms with van der Waals surface area (Å²) in [6.45, 7) is 0. The Morgan fingerprint density at radius 1 is 0.727 bits per heavy atom. The summed E-state index contributed by atoms with van der Waals surface area (Å²) in [7, 11) is 0. The third-order valence-electron chi connectivity index (χ3n) is 4.19. The number of halogens is 3. The first-order valence-corrected chi connectivity index (χ1v) is 6.87. The van der Waals surface area contributed by atoms with Gasteiger partial charge in [0.15, 0.2) is 0 Å². The molecule has 112 valence electrons. The van der Waals surface area contributed by atoms with Crippen molar-refractivity contribution in [3.8, 4) is 0 Å². The first kappa shape index (κ1) is 14.9. The lowest BCUT2D eigenvalue weighted by Gasteiger charge is -2.17. The lowest BCUT2D eigenvalue weighted by molar-refractivity contribution is 0.117. The molecule has 0 bridgehead atoms. The third-order valence-corrected chi connectivity index (χ3v) is 4.19. The molecular formula is C18H14ClF2N. The number of hydrogen-bond acceptors (Lipinski definition) is 1. The highest BCUT2D eigenvalue weighted by Crippen LogP contribution is 2.37. The summed E-state index contributed by atoms with van der Waals surface area (Å²) < 4.78 is 26.0. The Balaban J connectivity index is 0.00000144. The summed E-state index contributed by atoms with van der Waals surface area (Å²) >= 11 is 0. The van der Waals surface area contributed by atoms with Crippen molar-refractivity contribution in [2.24, 2.45) is 5.73 Å². The van der Waals surface area contributed by atoms with Gasteiger partial charge >= 0.3 is 0 Å². The van der Waals surface area contributed by atoms with Crippen LogP contribution in [0, 0.1) is 0 Å². The Morgan fingerprint density at radius 2 is 1.27 bits per heavy atom. The van der Waals surface area contributed by atoms with E-state index in [0.717, 1.165) is 32.3 Å². The van der Waals surface area contributed by atoms with Crippen LogP contribution in [0.2, 0.25) is 0 Å². The number of alkyl halides is 2. The summed E-state index contributed by atoms with van der Waals surface area (Å²) in [5.74, 6) is 0. The fourth-order valence-corrected chi connectivity index (χ4v) is 3.18. The van der Waals surface area contributed by atoms with Gasteiger partial charge in [-0.2, -0.15) is 0 Å². The van der Waals surface area contributed by atoms with Crippen molar-refractivity contribution in [2.45, 2.75) is 12.5 Å². The Labute approximate surface area is 132 Å². The van der Waals surface area contributed by atoms with Crippen LogP contribution in [0.3, 0.4) is 0 Å². The van der Waals surface area contributed by atoms with E-state index >= 15 is 0 Å². The molecule has 4 aromatic carbocycles. The van der Waals surface area contributed by atoms with Gasteiger partial charge in [-0.3, -0.25) is 0 Å². The minimum absolute atomic E-state index is 0. The van der Waals surface area contributed by atoms with E-state index in [4.69, 9.17) is 5.73 Å². The molecule has 2 N–H and O–H groups in total. The van der Waals surface area contributed by atoms with E-state index in [1.165, 1.54) is 0 Å². The first-order valence-electron chi connectivity index (χ1n) is 6.87. The zero-order valence-corrected chi connectivity index (χ0v) is 12.4. The lowest BCUT2D eigenvalue weighted by atomic mass is 9.90. The normalized spacial score (nSPS) is 13.1. The predicted molar refractivity (Wildman–Crippen MR) is 90.3 cm³/mol. The molecule has 0 aliphatic heterocycles. The predicted octanol–water partition coefficient (Wildman–Crippen LogP) is 5.27. The van der Waals surface area contributed by atoms with Crippen molar-refractivity contribution in [3.05, 3.63) is 60.2 Å². The van der Waals surface area contributed by atoms with Crippen LogP contribution >= 0.6 is 12.4 Å². The number of benzene rings is 4. The van der Waals surface area contributed by atoms with E-state index in [0.29, 0.717) is 5.56 Å². The molecule has 0 radical (unpaired) electrons. The van der Waals surface area contributed by atoms with Gasteiger partial charge in [-0.05, 0) is 37.9 Å². The Morgan fingerprint density at radius 3 is 1.91 bits per heavy atom. The summed E-state index contributed by atoms with van der Waals surface area (Å²) in [6, 6.07) is 16.4. The third kappa shape index (κ3) is 2.01. The van der Waals surface area contributed by atoms with Gasteiger partial charge in [-0.15, -0.1) is 12.4 Å². The fourth-order valence-electron chi connectivity index (χ4n) is 3.18. The van der Waals surface area contributed by atoms with Gasteiger partial charge < -0.3 is 5.73 Å². The molecule has 0 aliphatic rings. The van der Waals surface area contributed by atoms with Gasteiger partial charge in [-0.1, -0.05) is 54.6 Å². The topological polar surface area (TPSA) is 26.0 Å². The summed E-state index contributed by atoms with van der Waals surface area (Å²) in [5.41, 5.74) is 6.20. The van der Waals surface area contributed by atoms with E-state index in [1.807, 2.05) is 42.5 Å². The van der Waals surface area contributed by atoms with Crippen molar-refractivity contribution in [2.75, 3.05) is 0 Å². The second-order valence-corrected chi connectivity index (χ2v) is 5.37. The molecule has 1 atom stereocenters. The van der Waals surface area contributed by atoms with Crippen LogP contribution in [0.4, 0.5) is 8.78 Å². The van der Waals surface area contributed by atoms with Crippen molar-refractivity contribution < 1.29 is 8.78 Å². The molecule has 0 fully saturated rings. The minimum atomic E-state index is -2.57. The molecule has 0 unspecified atom stereocenters. The number of hydrogen-bond donors (Lipinski definition) is 1. The van der Waals surface area contributed by atoms with Gasteiger partial charge in [0.05, 0.1) is 6.04 Å². The van der Waals surface area contributed by atoms with Crippen LogP contribution in [-0.2, 0) is 0 Å². The highest BCUT2D eigenvalue weighted by Gasteiger charge is 2.21. The van der Waals surface area contributed by atoms with Gasteiger partial charge in [0.1, 0.15) is 0 Å². The van der Waals surface area contributed by atoms with E-state index in [1.54, 1.807) is 6.07 Å². The van der Waals surface area contributed by atoms with E-state index < -0.39 is 12.5 Å². The molecule has 0 saturated carbocycles. The van der Waals surface area contributed by atoms with Crippen LogP contribution in [0.5, 0.6) is 0 Å². The monoisotopic (exact) mass is 317 g/mol. The van der Waals surface area contributed by atoms with Crippen LogP contribution in [0.25, 0.3) is 32.3 Å². The molecule has 0 heterocycles. The van der Waals surface area contributed by atoms with Crippen LogP contribution in [0.1, 0.15) is 11.6 Å². The smallest absolute Gasteiger partial charge is 0.257 e. The summed E-state index contributed by atoms with van der Waals surface area (Å²) in [4.78, 5) is 0. The minimum Gasteiger partial charge on any atom is -0.319 e. The average molecular weight is 318 g/mol. The lowest BCUT2D eigenvalue weighted by Crippen LogP contribution is -2.19. The molecule has 0 aromatic heterocycles. The molecule has 0 aliphatic carbocycles. The molecule has 4 heteroatoms. The Bertz CT molecular complexity index is 936. The molecular weight excluding hydrogens is 304 g/mol.